The molecule has 0 bridgehead atoms. The maximum atomic E-state index is 7.21. The first-order chi connectivity index (χ1) is 3.89. The van der Waals surface area contributed by atoms with Gasteiger partial charge in [0.25, 0.3) is 0 Å². The Kier molecular flexibility index (Phi) is 1.45. The summed E-state index contributed by atoms with van der Waals surface area (Å²) >= 11 is 0. The molecule has 0 aliphatic carbocycles. The van der Waals surface area contributed by atoms with Crippen molar-refractivity contribution in [2.75, 3.05) is 6.52 Å². The maximum Gasteiger partial charge on any atom is 0.0514 e. The summed E-state index contributed by atoms with van der Waals surface area (Å²) in [5.41, 5.74) is 0. The third kappa shape index (κ3) is 1.72. The van der Waals surface area contributed by atoms with E-state index in [1.807, 2.05) is 6.21 Å². The summed E-state index contributed by atoms with van der Waals surface area (Å²) in [7, 11) is 0. The molecular weight excluding hydrogens is 86.1 g/mol. The van der Waals surface area contributed by atoms with Gasteiger partial charge in [-0.05, 0) is 25.5 Å². The fourth-order valence-corrected chi connectivity index (χ4v) is 0.695. The van der Waals surface area contributed by atoms with E-state index in [0.29, 0.717) is 0 Å². The van der Waals surface area contributed by atoms with Crippen LogP contribution in [0.4, 0.5) is 0 Å². The van der Waals surface area contributed by atoms with Gasteiger partial charge in [0.1, 0.15) is 0 Å². The summed E-state index contributed by atoms with van der Waals surface area (Å²) in [5.74, 6) is 0. The van der Waals surface area contributed by atoms with Crippen LogP contribution < -0.4 is 0 Å². The molecule has 1 rings (SSSR count). The van der Waals surface area contributed by atoms with E-state index in [1.54, 1.807) is 0 Å². The molecule has 40 valence electrons. The Labute approximate surface area is 45.9 Å². The highest BCUT2D eigenvalue weighted by Crippen LogP contribution is 2.01. The third-order valence-electron chi connectivity index (χ3n) is 1.13. The second kappa shape index (κ2) is 2.78. The molecular formula is C6H11N. The molecule has 0 amide bonds. The highest BCUT2D eigenvalue weighted by Gasteiger charge is 1.89. The van der Waals surface area contributed by atoms with Crippen molar-refractivity contribution < 1.29 is 1.37 Å². The monoisotopic (exact) mass is 98.1 g/mol. The van der Waals surface area contributed by atoms with E-state index < -0.39 is 0 Å². The van der Waals surface area contributed by atoms with Crippen LogP contribution in [-0.4, -0.2) is 12.7 Å². The van der Waals surface area contributed by atoms with Gasteiger partial charge < -0.3 is 0 Å². The predicted octanol–water partition coefficient (Wildman–Crippen LogP) is 1.63. The minimum Gasteiger partial charge on any atom is -0.298 e. The van der Waals surface area contributed by atoms with E-state index in [1.165, 1.54) is 12.8 Å². The normalized spacial score (nSPS) is 34.3. The molecule has 0 spiro atoms. The Morgan fingerprint density at radius 3 is 3.43 bits per heavy atom. The summed E-state index contributed by atoms with van der Waals surface area (Å²) < 4.78 is 7.21. The molecule has 1 nitrogen and oxygen atoms in total. The van der Waals surface area contributed by atoms with Gasteiger partial charge in [-0.25, -0.2) is 0 Å². The van der Waals surface area contributed by atoms with E-state index >= 15 is 0 Å². The molecule has 1 aliphatic heterocycles. The van der Waals surface area contributed by atoms with Crippen LogP contribution in [-0.2, 0) is 0 Å². The molecule has 7 heavy (non-hydrogen) atoms. The Bertz CT molecular complexity index is 90.5. The van der Waals surface area contributed by atoms with Gasteiger partial charge in [0.2, 0.25) is 0 Å². The van der Waals surface area contributed by atoms with Crippen molar-refractivity contribution in [3.05, 3.63) is 0 Å². The number of rotatable bonds is 0. The van der Waals surface area contributed by atoms with Crippen LogP contribution in [0.2, 0.25) is 0 Å². The number of aliphatic imine (C=N–C) groups is 1. The smallest absolute Gasteiger partial charge is 0.0514 e. The SMILES string of the molecule is [2H]C1CCCCC=N1. The Hall–Kier alpha value is -0.330. The number of nitrogens with zero attached hydrogens (tertiary/aromatic N) is 1. The first-order valence-electron chi connectivity index (χ1n) is 3.41. The molecule has 1 unspecified atom stereocenters. The average molecular weight is 98.2 g/mol. The van der Waals surface area contributed by atoms with Crippen LogP contribution in [0, 0.1) is 0 Å². The lowest BCUT2D eigenvalue weighted by molar-refractivity contribution is 0.732. The van der Waals surface area contributed by atoms with Crippen molar-refractivity contribution in [2.24, 2.45) is 4.99 Å². The van der Waals surface area contributed by atoms with Crippen molar-refractivity contribution in [3.63, 3.8) is 0 Å². The lowest BCUT2D eigenvalue weighted by Crippen LogP contribution is -1.73. The first-order valence-corrected chi connectivity index (χ1v) is 2.83. The van der Waals surface area contributed by atoms with Gasteiger partial charge in [-0.3, -0.25) is 4.99 Å². The van der Waals surface area contributed by atoms with Crippen molar-refractivity contribution in [2.45, 2.75) is 25.7 Å². The number of hydrogen-bond donors (Lipinski definition) is 0. The Balaban J connectivity index is 2.33. The van der Waals surface area contributed by atoms with Gasteiger partial charge >= 0.3 is 0 Å². The fourth-order valence-electron chi connectivity index (χ4n) is 0.695. The van der Waals surface area contributed by atoms with E-state index in [0.717, 1.165) is 12.8 Å². The lowest BCUT2D eigenvalue weighted by atomic mass is 10.2. The molecule has 0 saturated carbocycles. The van der Waals surface area contributed by atoms with Gasteiger partial charge in [-0.1, -0.05) is 6.42 Å². The van der Waals surface area contributed by atoms with E-state index in [2.05, 4.69) is 4.99 Å². The maximum absolute atomic E-state index is 7.21. The molecule has 0 saturated heterocycles. The molecule has 1 heteroatoms. The molecule has 1 aliphatic rings. The highest BCUT2D eigenvalue weighted by atomic mass is 14.7. The molecule has 0 fully saturated rings. The molecule has 0 radical (unpaired) electrons. The molecule has 0 aromatic rings. The van der Waals surface area contributed by atoms with Crippen LogP contribution in [0.15, 0.2) is 4.99 Å². The molecule has 0 aromatic carbocycles. The zero-order chi connectivity index (χ0) is 5.82. The summed E-state index contributed by atoms with van der Waals surface area (Å²) in [6, 6.07) is 0. The standard InChI is InChI=1S/C6H11N/c1-2-4-6-7-5-3-1/h5H,1-4,6H2/i6D. The van der Waals surface area contributed by atoms with Crippen LogP contribution in [0.1, 0.15) is 27.1 Å². The summed E-state index contributed by atoms with van der Waals surface area (Å²) in [6.07, 6.45) is 6.31. The summed E-state index contributed by atoms with van der Waals surface area (Å²) in [6.45, 7) is -0.155. The second-order valence-corrected chi connectivity index (χ2v) is 1.80. The quantitative estimate of drug-likeness (QED) is 0.436. The fraction of sp³-hybridized carbons (Fsp3) is 0.833. The van der Waals surface area contributed by atoms with Crippen LogP contribution >= 0.6 is 0 Å². The van der Waals surface area contributed by atoms with Crippen LogP contribution in [0.3, 0.4) is 0 Å². The zero-order valence-corrected chi connectivity index (χ0v) is 4.43. The largest absolute Gasteiger partial charge is 0.298 e. The third-order valence-corrected chi connectivity index (χ3v) is 1.13. The minimum absolute atomic E-state index is 0.155. The van der Waals surface area contributed by atoms with E-state index in [4.69, 9.17) is 1.37 Å². The van der Waals surface area contributed by atoms with Crippen LogP contribution in [0.25, 0.3) is 0 Å². The average Bonchev–Trinajstić information content (AvgIpc) is 1.94. The lowest BCUT2D eigenvalue weighted by Gasteiger charge is -1.85. The molecule has 0 aromatic heterocycles. The zero-order valence-electron chi connectivity index (χ0n) is 5.43. The van der Waals surface area contributed by atoms with Crippen molar-refractivity contribution in [3.8, 4) is 0 Å². The van der Waals surface area contributed by atoms with Gasteiger partial charge in [0, 0.05) is 6.52 Å². The van der Waals surface area contributed by atoms with Crippen molar-refractivity contribution >= 4 is 6.21 Å². The highest BCUT2D eigenvalue weighted by molar-refractivity contribution is 5.57. The predicted molar refractivity (Wildman–Crippen MR) is 31.8 cm³/mol. The Morgan fingerprint density at radius 1 is 1.43 bits per heavy atom. The van der Waals surface area contributed by atoms with Crippen molar-refractivity contribution in [1.29, 1.82) is 0 Å². The molecule has 1 heterocycles. The van der Waals surface area contributed by atoms with Crippen molar-refractivity contribution in [1.82, 2.24) is 0 Å². The van der Waals surface area contributed by atoms with Gasteiger partial charge in [-0.15, -0.1) is 0 Å². The van der Waals surface area contributed by atoms with Gasteiger partial charge in [-0.2, -0.15) is 0 Å². The van der Waals surface area contributed by atoms with E-state index in [-0.39, 0.29) is 6.52 Å². The van der Waals surface area contributed by atoms with E-state index in [9.17, 15) is 0 Å². The topological polar surface area (TPSA) is 12.4 Å². The summed E-state index contributed by atoms with van der Waals surface area (Å²) in [4.78, 5) is 3.97. The molecule has 1 atom stereocenters. The van der Waals surface area contributed by atoms with Gasteiger partial charge in [0.15, 0.2) is 0 Å². The number of hydrogen-bond acceptors (Lipinski definition) is 1. The summed E-state index contributed by atoms with van der Waals surface area (Å²) in [5, 5.41) is 0. The second-order valence-electron chi connectivity index (χ2n) is 1.80. The van der Waals surface area contributed by atoms with Crippen LogP contribution in [0.5, 0.6) is 0 Å². The molecule has 0 N–H and O–H groups in total. The first kappa shape index (κ1) is 3.65. The minimum atomic E-state index is -0.155. The Morgan fingerprint density at radius 2 is 2.43 bits per heavy atom. The van der Waals surface area contributed by atoms with Gasteiger partial charge in [0.05, 0.1) is 1.37 Å².